The topological polar surface area (TPSA) is 98.1 Å². The van der Waals surface area contributed by atoms with Crippen molar-refractivity contribution in [3.05, 3.63) is 0 Å². The van der Waals surface area contributed by atoms with Gasteiger partial charge in [-0.15, -0.1) is 4.52 Å². The van der Waals surface area contributed by atoms with E-state index in [1.54, 1.807) is 0 Å². The maximum absolute atomic E-state index is 6.05. The minimum atomic E-state index is -2.98. The Hall–Kier alpha value is 0.450. The molecule has 0 bridgehead atoms. The van der Waals surface area contributed by atoms with Gasteiger partial charge in [0.05, 0.1) is 26.4 Å². The van der Waals surface area contributed by atoms with Crippen LogP contribution in [0.25, 0.3) is 0 Å². The summed E-state index contributed by atoms with van der Waals surface area (Å²) >= 11 is 0. The Morgan fingerprint density at radius 2 is 0.893 bits per heavy atom. The summed E-state index contributed by atoms with van der Waals surface area (Å²) in [6.07, 6.45) is 0. The number of hydrogen-bond donors (Lipinski definition) is 2. The van der Waals surface area contributed by atoms with Crippen molar-refractivity contribution in [1.82, 2.24) is 10.2 Å². The van der Waals surface area contributed by atoms with Crippen molar-refractivity contribution in [1.29, 1.82) is 0 Å². The standard InChI is InChI=1S/C16H40N5O4P3/c1-11-22-27(23-12-2)19-26(17-15(5,6)7,18-16(8,9)10)20-28(21-27,24-13-3)25-14-4/h17-18H,11-14H2,1-10H3. The van der Waals surface area contributed by atoms with Crippen LogP contribution < -0.4 is 10.2 Å². The van der Waals surface area contributed by atoms with E-state index in [2.05, 4.69) is 51.7 Å². The summed E-state index contributed by atoms with van der Waals surface area (Å²) < 4.78 is 39.1. The third-order valence-electron chi connectivity index (χ3n) is 2.88. The van der Waals surface area contributed by atoms with Gasteiger partial charge in [-0.3, -0.25) is 0 Å². The fraction of sp³-hybridized carbons (Fsp3) is 1.00. The van der Waals surface area contributed by atoms with Gasteiger partial charge in [0.1, 0.15) is 0 Å². The zero-order valence-electron chi connectivity index (χ0n) is 19.1. The van der Waals surface area contributed by atoms with Crippen LogP contribution in [-0.4, -0.2) is 37.5 Å². The van der Waals surface area contributed by atoms with E-state index < -0.39 is 22.8 Å². The van der Waals surface area contributed by atoms with E-state index in [0.29, 0.717) is 26.4 Å². The second kappa shape index (κ2) is 10.2. The molecule has 0 aromatic heterocycles. The first-order chi connectivity index (χ1) is 12.8. The van der Waals surface area contributed by atoms with Gasteiger partial charge in [0.25, 0.3) is 0 Å². The van der Waals surface area contributed by atoms with Crippen LogP contribution in [0.3, 0.4) is 0 Å². The van der Waals surface area contributed by atoms with E-state index in [9.17, 15) is 0 Å². The average Bonchev–Trinajstić information content (AvgIpc) is 2.42. The molecule has 1 aliphatic rings. The Labute approximate surface area is 171 Å². The molecule has 0 atom stereocenters. The van der Waals surface area contributed by atoms with Crippen molar-refractivity contribution < 1.29 is 18.1 Å². The smallest absolute Gasteiger partial charge is 0.307 e. The van der Waals surface area contributed by atoms with E-state index in [1.807, 2.05) is 27.7 Å². The van der Waals surface area contributed by atoms with E-state index in [0.717, 1.165) is 0 Å². The summed E-state index contributed by atoms with van der Waals surface area (Å²) in [5.41, 5.74) is -0.531. The molecule has 9 nitrogen and oxygen atoms in total. The number of rotatable bonds is 10. The number of nitrogens with one attached hydrogen (secondary N) is 2. The zero-order chi connectivity index (χ0) is 21.7. The van der Waals surface area contributed by atoms with Crippen molar-refractivity contribution in [2.75, 3.05) is 26.4 Å². The Morgan fingerprint density at radius 1 is 0.571 bits per heavy atom. The minimum Gasteiger partial charge on any atom is -0.307 e. The quantitative estimate of drug-likeness (QED) is 0.350. The largest absolute Gasteiger partial charge is 0.347 e. The Morgan fingerprint density at radius 3 is 1.18 bits per heavy atom. The normalized spacial score (nSPS) is 20.8. The molecule has 0 unspecified atom stereocenters. The molecule has 2 N–H and O–H groups in total. The summed E-state index contributed by atoms with van der Waals surface area (Å²) in [5, 5.41) is 7.23. The van der Waals surface area contributed by atoms with Gasteiger partial charge in [-0.05, 0) is 69.2 Å². The molecule has 0 saturated carbocycles. The van der Waals surface area contributed by atoms with Crippen LogP contribution in [0.4, 0.5) is 0 Å². The van der Waals surface area contributed by atoms with E-state index >= 15 is 0 Å². The van der Waals surface area contributed by atoms with Crippen LogP contribution in [0.1, 0.15) is 69.2 Å². The molecule has 0 saturated heterocycles. The Balaban J connectivity index is 3.92. The summed E-state index contributed by atoms with van der Waals surface area (Å²) in [6.45, 7) is 21.8. The molecule has 0 radical (unpaired) electrons. The highest BCUT2D eigenvalue weighted by Crippen LogP contribution is 2.78. The summed E-state index contributed by atoms with van der Waals surface area (Å²) in [7, 11) is -8.71. The molecule has 0 amide bonds. The Kier molecular flexibility index (Phi) is 9.62. The molecular weight excluding hydrogens is 419 g/mol. The van der Waals surface area contributed by atoms with Gasteiger partial charge in [0, 0.05) is 11.1 Å². The van der Waals surface area contributed by atoms with E-state index in [-0.39, 0.29) is 11.1 Å². The van der Waals surface area contributed by atoms with E-state index in [1.165, 1.54) is 0 Å². The minimum absolute atomic E-state index is 0.265. The van der Waals surface area contributed by atoms with Crippen LogP contribution in [0, 0.1) is 0 Å². The fourth-order valence-corrected chi connectivity index (χ4v) is 13.5. The highest BCUT2D eigenvalue weighted by molar-refractivity contribution is 7.80. The molecule has 168 valence electrons. The number of hydrogen-bond acceptors (Lipinski definition) is 9. The molecule has 0 aromatic rings. The molecule has 0 aliphatic carbocycles. The maximum Gasteiger partial charge on any atom is 0.347 e. The lowest BCUT2D eigenvalue weighted by Gasteiger charge is -2.40. The third-order valence-corrected chi connectivity index (χ3v) is 12.9. The van der Waals surface area contributed by atoms with Crippen molar-refractivity contribution in [2.24, 2.45) is 13.5 Å². The second-order valence-electron chi connectivity index (χ2n) is 8.25. The SMILES string of the molecule is CCOP1(OCC)=NP(NC(C)(C)C)(NC(C)(C)C)=NP(OCC)(OCC)=N1. The molecule has 1 aliphatic heterocycles. The monoisotopic (exact) mass is 459 g/mol. The van der Waals surface area contributed by atoms with Gasteiger partial charge in [-0.2, -0.15) is 9.03 Å². The predicted octanol–water partition coefficient (Wildman–Crippen LogP) is 6.76. The molecule has 1 rings (SSSR count). The molecule has 1 heterocycles. The summed E-state index contributed by atoms with van der Waals surface area (Å²) in [4.78, 5) is 0. The van der Waals surface area contributed by atoms with Gasteiger partial charge in [0.2, 0.25) is 7.51 Å². The fourth-order valence-electron chi connectivity index (χ4n) is 2.53. The van der Waals surface area contributed by atoms with Crippen molar-refractivity contribution >= 4 is 22.8 Å². The lowest BCUT2D eigenvalue weighted by molar-refractivity contribution is 0.247. The first kappa shape index (κ1) is 26.5. The van der Waals surface area contributed by atoms with Gasteiger partial charge < -0.3 is 18.1 Å². The summed E-state index contributed by atoms with van der Waals surface area (Å²) in [6, 6.07) is 0. The van der Waals surface area contributed by atoms with Crippen molar-refractivity contribution in [3.63, 3.8) is 0 Å². The third kappa shape index (κ3) is 7.94. The van der Waals surface area contributed by atoms with Crippen LogP contribution in [-0.2, 0) is 18.1 Å². The second-order valence-corrected chi connectivity index (χ2v) is 15.0. The van der Waals surface area contributed by atoms with Gasteiger partial charge in [-0.25, -0.2) is 10.2 Å². The highest BCUT2D eigenvalue weighted by Gasteiger charge is 2.43. The maximum atomic E-state index is 6.05. The molecule has 28 heavy (non-hydrogen) atoms. The van der Waals surface area contributed by atoms with Crippen LogP contribution in [0.15, 0.2) is 13.5 Å². The first-order valence-electron chi connectivity index (χ1n) is 9.86. The van der Waals surface area contributed by atoms with Crippen molar-refractivity contribution in [2.45, 2.75) is 80.3 Å². The van der Waals surface area contributed by atoms with E-state index in [4.69, 9.17) is 31.6 Å². The van der Waals surface area contributed by atoms with Crippen molar-refractivity contribution in [3.8, 4) is 0 Å². The highest BCUT2D eigenvalue weighted by atomic mass is 31.3. The molecule has 0 spiro atoms. The summed E-state index contributed by atoms with van der Waals surface area (Å²) in [5.74, 6) is 0. The molecular formula is C16H40N5O4P3. The van der Waals surface area contributed by atoms with Crippen LogP contribution >= 0.6 is 22.8 Å². The van der Waals surface area contributed by atoms with Crippen LogP contribution in [0.2, 0.25) is 0 Å². The molecule has 0 aromatic carbocycles. The zero-order valence-corrected chi connectivity index (χ0v) is 21.8. The lowest BCUT2D eigenvalue weighted by Crippen LogP contribution is -2.42. The van der Waals surface area contributed by atoms with Gasteiger partial charge in [-0.1, -0.05) is 0 Å². The lowest BCUT2D eigenvalue weighted by atomic mass is 10.1. The molecule has 0 fully saturated rings. The Bertz CT molecular complexity index is 627. The number of nitrogens with zero attached hydrogens (tertiary/aromatic N) is 3. The average molecular weight is 459 g/mol. The van der Waals surface area contributed by atoms with Gasteiger partial charge in [0.15, 0.2) is 0 Å². The predicted molar refractivity (Wildman–Crippen MR) is 120 cm³/mol. The molecule has 12 heteroatoms. The first-order valence-corrected chi connectivity index (χ1v) is 14.6. The van der Waals surface area contributed by atoms with Gasteiger partial charge >= 0.3 is 15.3 Å². The van der Waals surface area contributed by atoms with Crippen LogP contribution in [0.5, 0.6) is 0 Å².